The molecule has 0 unspecified atom stereocenters. The number of benzene rings is 1. The van der Waals surface area contributed by atoms with Crippen LogP contribution in [-0.2, 0) is 0 Å². The Morgan fingerprint density at radius 2 is 1.75 bits per heavy atom. The van der Waals surface area contributed by atoms with Gasteiger partial charge in [0.05, 0.1) is 5.56 Å². The first-order valence-corrected chi connectivity index (χ1v) is 6.39. The number of rotatable bonds is 2. The van der Waals surface area contributed by atoms with Crippen molar-refractivity contribution >= 4 is 29.0 Å². The van der Waals surface area contributed by atoms with E-state index in [1.165, 1.54) is 0 Å². The van der Waals surface area contributed by atoms with Gasteiger partial charge in [0, 0.05) is 21.8 Å². The fraction of sp³-hybridized carbons (Fsp3) is 0. The second-order valence-electron chi connectivity index (χ2n) is 4.05. The lowest BCUT2D eigenvalue weighted by molar-refractivity contribution is 0.432. The van der Waals surface area contributed by atoms with Gasteiger partial charge in [-0.2, -0.15) is 4.98 Å². The van der Waals surface area contributed by atoms with Crippen molar-refractivity contribution in [2.24, 2.45) is 0 Å². The van der Waals surface area contributed by atoms with E-state index >= 15 is 0 Å². The molecule has 2 N–H and O–H groups in total. The fourth-order valence-corrected chi connectivity index (χ4v) is 2.20. The minimum Gasteiger partial charge on any atom is -0.384 e. The van der Waals surface area contributed by atoms with Crippen molar-refractivity contribution in [3.8, 4) is 22.8 Å². The van der Waals surface area contributed by atoms with Crippen molar-refractivity contribution in [3.63, 3.8) is 0 Å². The number of aromatic nitrogens is 3. The van der Waals surface area contributed by atoms with Gasteiger partial charge in [-0.3, -0.25) is 0 Å². The van der Waals surface area contributed by atoms with Gasteiger partial charge in [0.25, 0.3) is 5.89 Å². The molecule has 0 fully saturated rings. The molecule has 1 aromatic carbocycles. The normalized spacial score (nSPS) is 10.7. The molecule has 0 radical (unpaired) electrons. The van der Waals surface area contributed by atoms with Crippen molar-refractivity contribution in [2.45, 2.75) is 0 Å². The first kappa shape index (κ1) is 12.9. The molecule has 0 aliphatic heterocycles. The van der Waals surface area contributed by atoms with E-state index < -0.39 is 0 Å². The Hall–Kier alpha value is -2.11. The van der Waals surface area contributed by atoms with E-state index in [0.717, 1.165) is 0 Å². The molecule has 0 atom stereocenters. The maximum atomic E-state index is 5.95. The van der Waals surface area contributed by atoms with Crippen molar-refractivity contribution in [3.05, 3.63) is 46.6 Å². The molecule has 3 rings (SSSR count). The molecule has 0 aliphatic rings. The highest BCUT2D eigenvalue weighted by molar-refractivity contribution is 6.35. The van der Waals surface area contributed by atoms with Crippen LogP contribution in [0.15, 0.2) is 41.1 Å². The number of nitrogens with two attached hydrogens (primary N) is 1. The van der Waals surface area contributed by atoms with Crippen LogP contribution in [0.3, 0.4) is 0 Å². The van der Waals surface area contributed by atoms with Crippen LogP contribution in [0.2, 0.25) is 10.0 Å². The van der Waals surface area contributed by atoms with Crippen LogP contribution in [0.5, 0.6) is 0 Å². The number of hydrogen-bond donors (Lipinski definition) is 1. The largest absolute Gasteiger partial charge is 0.384 e. The Labute approximate surface area is 124 Å². The first-order chi connectivity index (χ1) is 9.61. The molecular formula is C13H8Cl2N4O. The smallest absolute Gasteiger partial charge is 0.259 e. The second-order valence-corrected chi connectivity index (χ2v) is 4.93. The van der Waals surface area contributed by atoms with Crippen LogP contribution >= 0.6 is 23.2 Å². The molecule has 0 saturated heterocycles. The van der Waals surface area contributed by atoms with Crippen LogP contribution in [-0.4, -0.2) is 15.1 Å². The van der Waals surface area contributed by atoms with Crippen LogP contribution in [0.25, 0.3) is 22.8 Å². The van der Waals surface area contributed by atoms with Gasteiger partial charge < -0.3 is 10.3 Å². The standard InChI is InChI=1S/C13H8Cl2N4O/c14-9-3-8(4-10(15)5-9)12-18-13(20-19-12)7-1-2-11(16)17-6-7/h1-6H,(H2,16,17). The van der Waals surface area contributed by atoms with E-state index in [-0.39, 0.29) is 0 Å². The molecule has 0 spiro atoms. The Kier molecular flexibility index (Phi) is 3.30. The first-order valence-electron chi connectivity index (χ1n) is 5.64. The third-order valence-corrected chi connectivity index (χ3v) is 3.02. The van der Waals surface area contributed by atoms with Crippen LogP contribution < -0.4 is 5.73 Å². The van der Waals surface area contributed by atoms with Crippen molar-refractivity contribution in [1.29, 1.82) is 0 Å². The number of pyridine rings is 1. The summed E-state index contributed by atoms with van der Waals surface area (Å²) in [6, 6.07) is 8.48. The summed E-state index contributed by atoms with van der Waals surface area (Å²) in [5.74, 6) is 1.18. The monoisotopic (exact) mass is 306 g/mol. The van der Waals surface area contributed by atoms with E-state index in [1.807, 2.05) is 0 Å². The third-order valence-electron chi connectivity index (χ3n) is 2.58. The highest BCUT2D eigenvalue weighted by atomic mass is 35.5. The van der Waals surface area contributed by atoms with Gasteiger partial charge in [-0.05, 0) is 30.3 Å². The maximum absolute atomic E-state index is 5.95. The lowest BCUT2D eigenvalue weighted by Gasteiger charge is -1.97. The minimum absolute atomic E-state index is 0.351. The maximum Gasteiger partial charge on any atom is 0.259 e. The van der Waals surface area contributed by atoms with E-state index in [2.05, 4.69) is 15.1 Å². The topological polar surface area (TPSA) is 77.8 Å². The van der Waals surface area contributed by atoms with E-state index in [4.69, 9.17) is 33.5 Å². The summed E-state index contributed by atoms with van der Waals surface area (Å²) in [7, 11) is 0. The summed E-state index contributed by atoms with van der Waals surface area (Å²) < 4.78 is 5.20. The average Bonchev–Trinajstić information content (AvgIpc) is 2.88. The van der Waals surface area contributed by atoms with Crippen LogP contribution in [0, 0.1) is 0 Å². The van der Waals surface area contributed by atoms with Gasteiger partial charge in [0.1, 0.15) is 5.82 Å². The predicted octanol–water partition coefficient (Wildman–Crippen LogP) is 3.69. The zero-order valence-electron chi connectivity index (χ0n) is 10.0. The second kappa shape index (κ2) is 5.11. The highest BCUT2D eigenvalue weighted by Gasteiger charge is 2.12. The molecule has 2 aromatic heterocycles. The molecular weight excluding hydrogens is 299 g/mol. The minimum atomic E-state index is 0.351. The zero-order chi connectivity index (χ0) is 14.1. The summed E-state index contributed by atoms with van der Waals surface area (Å²) in [6.45, 7) is 0. The Balaban J connectivity index is 1.99. The van der Waals surface area contributed by atoms with Gasteiger partial charge in [-0.15, -0.1) is 0 Å². The number of hydrogen-bond acceptors (Lipinski definition) is 5. The van der Waals surface area contributed by atoms with Crippen LogP contribution in [0.4, 0.5) is 5.82 Å². The summed E-state index contributed by atoms with van der Waals surface area (Å²) in [5.41, 5.74) is 6.89. The van der Waals surface area contributed by atoms with Crippen LogP contribution in [0.1, 0.15) is 0 Å². The Morgan fingerprint density at radius 3 is 2.40 bits per heavy atom. The number of nitrogens with zero attached hydrogens (tertiary/aromatic N) is 3. The molecule has 2 heterocycles. The fourth-order valence-electron chi connectivity index (χ4n) is 1.67. The number of nitrogen functional groups attached to an aromatic ring is 1. The third kappa shape index (κ3) is 2.59. The predicted molar refractivity (Wildman–Crippen MR) is 77.4 cm³/mol. The molecule has 0 saturated carbocycles. The number of anilines is 1. The zero-order valence-corrected chi connectivity index (χ0v) is 11.6. The van der Waals surface area contributed by atoms with E-state index in [0.29, 0.717) is 38.7 Å². The van der Waals surface area contributed by atoms with Gasteiger partial charge in [-0.25, -0.2) is 4.98 Å². The number of halogens is 2. The highest BCUT2D eigenvalue weighted by Crippen LogP contribution is 2.27. The summed E-state index contributed by atoms with van der Waals surface area (Å²) in [5, 5.41) is 4.92. The molecule has 7 heteroatoms. The Bertz CT molecular complexity index is 735. The van der Waals surface area contributed by atoms with Gasteiger partial charge in [0.2, 0.25) is 5.82 Å². The lowest BCUT2D eigenvalue weighted by Crippen LogP contribution is -1.89. The summed E-state index contributed by atoms with van der Waals surface area (Å²) >= 11 is 11.9. The van der Waals surface area contributed by atoms with Gasteiger partial charge in [-0.1, -0.05) is 28.4 Å². The van der Waals surface area contributed by atoms with Crippen molar-refractivity contribution in [1.82, 2.24) is 15.1 Å². The van der Waals surface area contributed by atoms with Gasteiger partial charge >= 0.3 is 0 Å². The summed E-state index contributed by atoms with van der Waals surface area (Å²) in [6.07, 6.45) is 1.57. The molecule has 0 bridgehead atoms. The molecule has 5 nitrogen and oxygen atoms in total. The Morgan fingerprint density at radius 1 is 1.00 bits per heavy atom. The van der Waals surface area contributed by atoms with Crippen molar-refractivity contribution < 1.29 is 4.52 Å². The average molecular weight is 307 g/mol. The molecule has 20 heavy (non-hydrogen) atoms. The molecule has 0 aliphatic carbocycles. The van der Waals surface area contributed by atoms with Gasteiger partial charge in [0.15, 0.2) is 0 Å². The quantitative estimate of drug-likeness (QED) is 0.781. The molecule has 0 amide bonds. The van der Waals surface area contributed by atoms with E-state index in [1.54, 1.807) is 36.5 Å². The summed E-state index contributed by atoms with van der Waals surface area (Å²) in [4.78, 5) is 8.26. The molecule has 3 aromatic rings. The van der Waals surface area contributed by atoms with E-state index in [9.17, 15) is 0 Å². The SMILES string of the molecule is Nc1ccc(-c2nc(-c3cc(Cl)cc(Cl)c3)no2)cn1. The molecule has 100 valence electrons. The lowest BCUT2D eigenvalue weighted by atomic mass is 10.2. The van der Waals surface area contributed by atoms with Crippen molar-refractivity contribution in [2.75, 3.05) is 5.73 Å².